The second kappa shape index (κ2) is 9.11. The molecule has 0 fully saturated rings. The quantitative estimate of drug-likeness (QED) is 0.413. The Balaban J connectivity index is 1.51. The molecule has 5 rings (SSSR count). The van der Waals surface area contributed by atoms with Crippen molar-refractivity contribution in [3.63, 3.8) is 0 Å². The molecule has 5 aromatic rings. The number of anilines is 1. The van der Waals surface area contributed by atoms with Gasteiger partial charge in [-0.15, -0.1) is 0 Å². The van der Waals surface area contributed by atoms with E-state index < -0.39 is 0 Å². The third-order valence-electron chi connectivity index (χ3n) is 5.57. The van der Waals surface area contributed by atoms with Crippen LogP contribution >= 0.6 is 0 Å². The topological polar surface area (TPSA) is 103 Å². The lowest BCUT2D eigenvalue weighted by Crippen LogP contribution is -2.28. The zero-order valence-corrected chi connectivity index (χ0v) is 18.4. The monoisotopic (exact) mass is 451 g/mol. The first-order valence-corrected chi connectivity index (χ1v) is 10.9. The van der Waals surface area contributed by atoms with Crippen molar-refractivity contribution in [1.82, 2.24) is 19.7 Å². The van der Waals surface area contributed by atoms with Gasteiger partial charge in [-0.2, -0.15) is 4.98 Å². The molecule has 0 aliphatic carbocycles. The average Bonchev–Trinajstić information content (AvgIpc) is 3.37. The van der Waals surface area contributed by atoms with Crippen molar-refractivity contribution in [3.05, 3.63) is 95.0 Å². The standard InChI is InChI=1S/C26H21N5O3/c1-2-17-8-3-5-11-21(17)28-23(32)16-31-22-12-6-4-10-19(22)20(14-24(31)33)26-29-25(30-34-26)18-9-7-13-27-15-18/h3-15H,2,16H2,1H3,(H,28,32). The van der Waals surface area contributed by atoms with Crippen LogP contribution in [-0.2, 0) is 17.8 Å². The smallest absolute Gasteiger partial charge is 0.259 e. The highest BCUT2D eigenvalue weighted by Gasteiger charge is 2.18. The predicted molar refractivity (Wildman–Crippen MR) is 129 cm³/mol. The summed E-state index contributed by atoms with van der Waals surface area (Å²) in [6.45, 7) is 1.90. The summed E-state index contributed by atoms with van der Waals surface area (Å²) in [7, 11) is 0. The van der Waals surface area contributed by atoms with Gasteiger partial charge in [-0.05, 0) is 36.2 Å². The van der Waals surface area contributed by atoms with Gasteiger partial charge in [0.2, 0.25) is 11.7 Å². The molecule has 0 radical (unpaired) electrons. The number of aromatic nitrogens is 4. The molecule has 1 N–H and O–H groups in total. The lowest BCUT2D eigenvalue weighted by molar-refractivity contribution is -0.116. The van der Waals surface area contributed by atoms with Crippen LogP contribution in [0.2, 0.25) is 0 Å². The maximum absolute atomic E-state index is 13.1. The SMILES string of the molecule is CCc1ccccc1NC(=O)Cn1c(=O)cc(-c2nc(-c3cccnc3)no2)c2ccccc21. The number of nitrogens with zero attached hydrogens (tertiary/aromatic N) is 4. The van der Waals surface area contributed by atoms with Crippen molar-refractivity contribution in [2.45, 2.75) is 19.9 Å². The van der Waals surface area contributed by atoms with Crippen molar-refractivity contribution >= 4 is 22.5 Å². The van der Waals surface area contributed by atoms with E-state index in [1.165, 1.54) is 10.6 Å². The highest BCUT2D eigenvalue weighted by Crippen LogP contribution is 2.28. The minimum absolute atomic E-state index is 0.123. The van der Waals surface area contributed by atoms with Gasteiger partial charge in [0.25, 0.3) is 11.4 Å². The van der Waals surface area contributed by atoms with Crippen molar-refractivity contribution in [3.8, 4) is 22.8 Å². The maximum atomic E-state index is 13.1. The lowest BCUT2D eigenvalue weighted by atomic mass is 10.1. The summed E-state index contributed by atoms with van der Waals surface area (Å²) in [4.78, 5) is 34.5. The van der Waals surface area contributed by atoms with Crippen LogP contribution in [0.25, 0.3) is 33.7 Å². The van der Waals surface area contributed by atoms with Crippen LogP contribution in [0.3, 0.4) is 0 Å². The summed E-state index contributed by atoms with van der Waals surface area (Å²) in [5.74, 6) is 0.323. The maximum Gasteiger partial charge on any atom is 0.259 e. The number of hydrogen-bond donors (Lipinski definition) is 1. The minimum Gasteiger partial charge on any atom is -0.334 e. The summed E-state index contributed by atoms with van der Waals surface area (Å²) >= 11 is 0. The average molecular weight is 451 g/mol. The molecule has 34 heavy (non-hydrogen) atoms. The number of hydrogen-bond acceptors (Lipinski definition) is 6. The molecule has 0 saturated carbocycles. The molecule has 0 bridgehead atoms. The second-order valence-corrected chi connectivity index (χ2v) is 7.72. The van der Waals surface area contributed by atoms with E-state index >= 15 is 0 Å². The number of pyridine rings is 2. The Labute approximate surface area is 194 Å². The molecule has 0 aliphatic heterocycles. The van der Waals surface area contributed by atoms with Gasteiger partial charge in [0.05, 0.1) is 11.1 Å². The third-order valence-corrected chi connectivity index (χ3v) is 5.57. The second-order valence-electron chi connectivity index (χ2n) is 7.72. The molecule has 8 heteroatoms. The predicted octanol–water partition coefficient (Wildman–Crippen LogP) is 4.31. The first-order valence-electron chi connectivity index (χ1n) is 10.9. The Morgan fingerprint density at radius 1 is 1.06 bits per heavy atom. The van der Waals surface area contributed by atoms with Crippen molar-refractivity contribution in [2.75, 3.05) is 5.32 Å². The largest absolute Gasteiger partial charge is 0.334 e. The zero-order valence-electron chi connectivity index (χ0n) is 18.4. The summed E-state index contributed by atoms with van der Waals surface area (Å²) in [6.07, 6.45) is 4.09. The Morgan fingerprint density at radius 3 is 2.71 bits per heavy atom. The number of carbonyl (C=O) groups is 1. The van der Waals surface area contributed by atoms with Crippen molar-refractivity contribution in [1.29, 1.82) is 0 Å². The van der Waals surface area contributed by atoms with Crippen LogP contribution in [0.15, 0.2) is 88.4 Å². The lowest BCUT2D eigenvalue weighted by Gasteiger charge is -2.13. The number of fused-ring (bicyclic) bond motifs is 1. The van der Waals surface area contributed by atoms with E-state index in [0.29, 0.717) is 22.5 Å². The molecule has 168 valence electrons. The van der Waals surface area contributed by atoms with Gasteiger partial charge in [0.1, 0.15) is 6.54 Å². The van der Waals surface area contributed by atoms with Crippen LogP contribution in [0, 0.1) is 0 Å². The van der Waals surface area contributed by atoms with Crippen LogP contribution in [0.5, 0.6) is 0 Å². The fourth-order valence-corrected chi connectivity index (χ4v) is 3.90. The van der Waals surface area contributed by atoms with Gasteiger partial charge in [-0.3, -0.25) is 19.1 Å². The highest BCUT2D eigenvalue weighted by atomic mass is 16.5. The molecule has 3 aromatic heterocycles. The van der Waals surface area contributed by atoms with E-state index in [-0.39, 0.29) is 23.9 Å². The summed E-state index contributed by atoms with van der Waals surface area (Å²) < 4.78 is 6.92. The number of aryl methyl sites for hydroxylation is 1. The van der Waals surface area contributed by atoms with Crippen LogP contribution in [0.4, 0.5) is 5.69 Å². The van der Waals surface area contributed by atoms with Crippen molar-refractivity contribution < 1.29 is 9.32 Å². The molecule has 3 heterocycles. The number of nitrogens with one attached hydrogen (secondary N) is 1. The minimum atomic E-state index is -0.339. The molecule has 0 aliphatic rings. The first-order chi connectivity index (χ1) is 16.6. The Morgan fingerprint density at radius 2 is 1.88 bits per heavy atom. The summed E-state index contributed by atoms with van der Waals surface area (Å²) in [5, 5.41) is 7.69. The van der Waals surface area contributed by atoms with Gasteiger partial charge in [0.15, 0.2) is 0 Å². The molecule has 2 aromatic carbocycles. The van der Waals surface area contributed by atoms with E-state index in [0.717, 1.165) is 23.1 Å². The number of amides is 1. The van der Waals surface area contributed by atoms with Gasteiger partial charge >= 0.3 is 0 Å². The fourth-order valence-electron chi connectivity index (χ4n) is 3.90. The molecule has 0 spiro atoms. The van der Waals surface area contributed by atoms with E-state index in [1.807, 2.05) is 55.5 Å². The number of carbonyl (C=O) groups excluding carboxylic acids is 1. The highest BCUT2D eigenvalue weighted by molar-refractivity contribution is 5.95. The van der Waals surface area contributed by atoms with Gasteiger partial charge < -0.3 is 9.84 Å². The zero-order chi connectivity index (χ0) is 23.5. The van der Waals surface area contributed by atoms with E-state index in [9.17, 15) is 9.59 Å². The van der Waals surface area contributed by atoms with Crippen LogP contribution in [0.1, 0.15) is 12.5 Å². The first kappa shape index (κ1) is 21.3. The van der Waals surface area contributed by atoms with Gasteiger partial charge in [-0.1, -0.05) is 48.5 Å². The fraction of sp³-hybridized carbons (Fsp3) is 0.115. The molecule has 0 atom stereocenters. The summed E-state index contributed by atoms with van der Waals surface area (Å²) in [6, 6.07) is 20.0. The molecular weight excluding hydrogens is 430 g/mol. The van der Waals surface area contributed by atoms with Gasteiger partial charge in [0, 0.05) is 35.1 Å². The number of benzene rings is 2. The Kier molecular flexibility index (Phi) is 5.70. The molecule has 8 nitrogen and oxygen atoms in total. The molecule has 1 amide bonds. The van der Waals surface area contributed by atoms with E-state index in [2.05, 4.69) is 20.4 Å². The molecule has 0 unspecified atom stereocenters. The third kappa shape index (κ3) is 4.09. The number of para-hydroxylation sites is 2. The van der Waals surface area contributed by atoms with Crippen LogP contribution < -0.4 is 10.9 Å². The normalized spacial score (nSPS) is 11.0. The Hall–Kier alpha value is -4.59. The number of rotatable bonds is 6. The molecular formula is C26H21N5O3. The molecule has 0 saturated heterocycles. The Bertz CT molecular complexity index is 1540. The van der Waals surface area contributed by atoms with Gasteiger partial charge in [-0.25, -0.2) is 0 Å². The van der Waals surface area contributed by atoms with E-state index in [4.69, 9.17) is 4.52 Å². The summed E-state index contributed by atoms with van der Waals surface area (Å²) in [5.41, 5.74) is 3.26. The van der Waals surface area contributed by atoms with Crippen LogP contribution in [-0.4, -0.2) is 25.6 Å². The van der Waals surface area contributed by atoms with E-state index in [1.54, 1.807) is 24.5 Å². The van der Waals surface area contributed by atoms with Crippen molar-refractivity contribution in [2.24, 2.45) is 0 Å².